The summed E-state index contributed by atoms with van der Waals surface area (Å²) < 4.78 is 54.8. The minimum absolute atomic E-state index is 0.0280. The molecule has 2 aromatic carbocycles. The molecule has 6 heterocycles. The molecule has 3 aromatic heterocycles. The zero-order valence-electron chi connectivity index (χ0n) is 31.1. The molecule has 12 nitrogen and oxygen atoms in total. The van der Waals surface area contributed by atoms with Gasteiger partial charge in [-0.1, -0.05) is 41.9 Å². The van der Waals surface area contributed by atoms with E-state index in [1.54, 1.807) is 6.20 Å². The van der Waals surface area contributed by atoms with E-state index >= 15 is 0 Å². The Labute approximate surface area is 331 Å². The van der Waals surface area contributed by atoms with Gasteiger partial charge in [0.25, 0.3) is 0 Å². The zero-order valence-corrected chi connectivity index (χ0v) is 31.8. The van der Waals surface area contributed by atoms with Gasteiger partial charge in [-0.15, -0.1) is 0 Å². The summed E-state index contributed by atoms with van der Waals surface area (Å²) in [6.07, 6.45) is 0.441. The number of nitrogens with zero attached hydrogens (tertiary/aromatic N) is 6. The highest BCUT2D eigenvalue weighted by Crippen LogP contribution is 2.45. The van der Waals surface area contributed by atoms with Crippen molar-refractivity contribution in [2.75, 3.05) is 38.6 Å². The van der Waals surface area contributed by atoms with Gasteiger partial charge in [0.15, 0.2) is 5.82 Å². The molecule has 1 aliphatic carbocycles. The van der Waals surface area contributed by atoms with Crippen LogP contribution in [0.3, 0.4) is 0 Å². The topological polar surface area (TPSA) is 138 Å². The summed E-state index contributed by atoms with van der Waals surface area (Å²) in [6, 6.07) is 15.3. The number of ether oxygens (including phenoxy) is 2. The fourth-order valence-corrected chi connectivity index (χ4v) is 8.98. The average Bonchev–Trinajstić information content (AvgIpc) is 3.90. The van der Waals surface area contributed by atoms with Crippen LogP contribution < -0.4 is 20.1 Å². The third kappa shape index (κ3) is 7.33. The second-order valence-corrected chi connectivity index (χ2v) is 15.7. The first-order valence-corrected chi connectivity index (χ1v) is 19.4. The number of hydrogen-bond donors (Lipinski definition) is 3. The largest absolute Gasteiger partial charge is 0.480 e. The maximum atomic E-state index is 14.4. The number of anilines is 2. The quantitative estimate of drug-likeness (QED) is 0.141. The predicted molar refractivity (Wildman–Crippen MR) is 206 cm³/mol. The van der Waals surface area contributed by atoms with Gasteiger partial charge in [-0.25, -0.2) is 9.97 Å². The van der Waals surface area contributed by atoms with E-state index in [-0.39, 0.29) is 29.6 Å². The third-order valence-corrected chi connectivity index (χ3v) is 11.8. The van der Waals surface area contributed by atoms with E-state index in [1.807, 2.05) is 53.6 Å². The second-order valence-electron chi connectivity index (χ2n) is 15.4. The number of carbonyl (C=O) groups excluding carboxylic acids is 1. The number of carbonyl (C=O) groups is 1. The lowest BCUT2D eigenvalue weighted by molar-refractivity contribution is -0.143. The number of hydrogen-bond acceptors (Lipinski definition) is 11. The number of aliphatic hydroxyl groups excluding tert-OH is 1. The van der Waals surface area contributed by atoms with Gasteiger partial charge in [-0.2, -0.15) is 18.2 Å². The van der Waals surface area contributed by atoms with Crippen molar-refractivity contribution in [2.45, 2.75) is 69.1 Å². The lowest BCUT2D eigenvalue weighted by Gasteiger charge is -2.47. The van der Waals surface area contributed by atoms with Crippen molar-refractivity contribution < 1.29 is 32.5 Å². The molecular formula is C41H40ClF3N8O4. The van der Waals surface area contributed by atoms with E-state index in [9.17, 15) is 23.1 Å². The molecule has 3 aliphatic heterocycles. The van der Waals surface area contributed by atoms with Crippen LogP contribution in [0.1, 0.15) is 59.9 Å². The summed E-state index contributed by atoms with van der Waals surface area (Å²) in [6.45, 7) is 3.30. The van der Waals surface area contributed by atoms with Gasteiger partial charge >= 0.3 is 6.18 Å². The standard InChI is InChI=1S/C41H40ClF3N8O4/c1-56-38-31(20-52-15-12-25(54)19-52)48-36(41(43,44)45)39(50-38)57-32-9-8-27-26(4-2-5-28(27)32)29-6-3-7-30(34(29)42)49-37-35-24(11-14-46-37)16-23(17-47-35)18-53-21-40(22-53)13-10-33(55)51-40/h2-7,11,14,16-17,25,32,54H,8-10,12-13,15,18-22H2,1H3,(H,46,49)(H,51,55)/t25-,32-/m1/s1. The molecule has 9 rings (SSSR count). The zero-order chi connectivity index (χ0) is 39.5. The van der Waals surface area contributed by atoms with E-state index in [4.69, 9.17) is 26.1 Å². The Balaban J connectivity index is 0.945. The van der Waals surface area contributed by atoms with Gasteiger partial charge in [0.05, 0.1) is 29.5 Å². The van der Waals surface area contributed by atoms with Crippen LogP contribution in [0.15, 0.2) is 60.9 Å². The Hall–Kier alpha value is -5.09. The minimum Gasteiger partial charge on any atom is -0.480 e. The molecule has 4 aliphatic rings. The number of benzene rings is 2. The summed E-state index contributed by atoms with van der Waals surface area (Å²) in [5, 5.41) is 17.8. The second kappa shape index (κ2) is 14.7. The summed E-state index contributed by atoms with van der Waals surface area (Å²) in [4.78, 5) is 33.4. The molecule has 0 radical (unpaired) electrons. The Morgan fingerprint density at radius 1 is 1.02 bits per heavy atom. The highest BCUT2D eigenvalue weighted by Gasteiger charge is 2.47. The van der Waals surface area contributed by atoms with Crippen molar-refractivity contribution in [3.05, 3.63) is 94.0 Å². The predicted octanol–water partition coefficient (Wildman–Crippen LogP) is 6.61. The molecule has 296 valence electrons. The first-order valence-electron chi connectivity index (χ1n) is 19.0. The van der Waals surface area contributed by atoms with Crippen molar-refractivity contribution in [1.29, 1.82) is 0 Å². The van der Waals surface area contributed by atoms with E-state index in [2.05, 4.69) is 36.6 Å². The highest BCUT2D eigenvalue weighted by atomic mass is 35.5. The number of β-amino-alcohol motifs (C(OH)–C–C–N with tert-alkyl or cyclic N) is 1. The maximum Gasteiger partial charge on any atom is 0.438 e. The molecule has 0 saturated carbocycles. The Morgan fingerprint density at radius 2 is 1.84 bits per heavy atom. The number of rotatable bonds is 10. The van der Waals surface area contributed by atoms with Crippen molar-refractivity contribution in [2.24, 2.45) is 0 Å². The first kappa shape index (κ1) is 37.5. The highest BCUT2D eigenvalue weighted by molar-refractivity contribution is 6.36. The number of alkyl halides is 3. The van der Waals surface area contributed by atoms with Crippen LogP contribution >= 0.6 is 11.6 Å². The monoisotopic (exact) mass is 800 g/mol. The van der Waals surface area contributed by atoms with E-state index in [1.165, 1.54) is 7.11 Å². The van der Waals surface area contributed by atoms with Crippen LogP contribution in [0.4, 0.5) is 24.7 Å². The molecule has 3 fully saturated rings. The molecule has 2 atom stereocenters. The SMILES string of the molecule is COc1nc(O[C@@H]2CCc3c(-c4cccc(Nc5nccc6cc(CN7CC8(CCC(=O)N8)C7)cnc56)c4Cl)cccc32)c(C(F)(F)F)nc1CN1CC[C@@H](O)C1. The summed E-state index contributed by atoms with van der Waals surface area (Å²) in [5.74, 6) is -0.0277. The van der Waals surface area contributed by atoms with Gasteiger partial charge in [0, 0.05) is 69.0 Å². The van der Waals surface area contributed by atoms with Crippen molar-refractivity contribution in [3.8, 4) is 22.9 Å². The number of aromatic nitrogens is 4. The van der Waals surface area contributed by atoms with Crippen LogP contribution in [-0.4, -0.2) is 85.7 Å². The number of amides is 1. The van der Waals surface area contributed by atoms with Crippen molar-refractivity contribution >= 4 is 39.9 Å². The summed E-state index contributed by atoms with van der Waals surface area (Å²) in [5.41, 5.74) is 4.34. The van der Waals surface area contributed by atoms with Crippen LogP contribution in [0.25, 0.3) is 22.0 Å². The summed E-state index contributed by atoms with van der Waals surface area (Å²) >= 11 is 7.12. The molecule has 0 bridgehead atoms. The van der Waals surface area contributed by atoms with Crippen molar-refractivity contribution in [3.63, 3.8) is 0 Å². The maximum absolute atomic E-state index is 14.4. The van der Waals surface area contributed by atoms with Crippen LogP contribution in [0.5, 0.6) is 11.8 Å². The van der Waals surface area contributed by atoms with Gasteiger partial charge in [0.2, 0.25) is 23.4 Å². The lowest BCUT2D eigenvalue weighted by atomic mass is 9.88. The van der Waals surface area contributed by atoms with Crippen molar-refractivity contribution in [1.82, 2.24) is 35.1 Å². The van der Waals surface area contributed by atoms with E-state index < -0.39 is 30.0 Å². The normalized spacial score (nSPS) is 20.5. The number of nitrogens with one attached hydrogen (secondary N) is 2. The number of pyridine rings is 2. The molecule has 3 N–H and O–H groups in total. The molecule has 1 spiro atoms. The number of aliphatic hydroxyl groups is 1. The van der Waals surface area contributed by atoms with Crippen LogP contribution in [-0.2, 0) is 30.5 Å². The molecule has 16 heteroatoms. The Morgan fingerprint density at radius 3 is 2.60 bits per heavy atom. The minimum atomic E-state index is -4.83. The Kier molecular flexibility index (Phi) is 9.66. The third-order valence-electron chi connectivity index (χ3n) is 11.3. The fourth-order valence-electron chi connectivity index (χ4n) is 8.70. The average molecular weight is 801 g/mol. The first-order chi connectivity index (χ1) is 27.4. The van der Waals surface area contributed by atoms with Gasteiger partial charge in [-0.3, -0.25) is 19.6 Å². The molecular weight excluding hydrogens is 761 g/mol. The summed E-state index contributed by atoms with van der Waals surface area (Å²) in [7, 11) is 1.33. The lowest BCUT2D eigenvalue weighted by Crippen LogP contribution is -2.66. The number of fused-ring (bicyclic) bond motifs is 2. The molecule has 0 unspecified atom stereocenters. The molecule has 5 aromatic rings. The number of likely N-dealkylation sites (tertiary alicyclic amines) is 2. The smallest absolute Gasteiger partial charge is 0.438 e. The number of halogens is 4. The van der Waals surface area contributed by atoms with E-state index in [0.717, 1.165) is 59.3 Å². The number of methoxy groups -OCH3 is 1. The van der Waals surface area contributed by atoms with Crippen LogP contribution in [0.2, 0.25) is 5.02 Å². The Bertz CT molecular complexity index is 2380. The van der Waals surface area contributed by atoms with Gasteiger partial charge in [0.1, 0.15) is 17.3 Å². The molecule has 1 amide bonds. The fraction of sp³-hybridized carbons (Fsp3) is 0.390. The molecule has 3 saturated heterocycles. The van der Waals surface area contributed by atoms with Crippen LogP contribution in [0, 0.1) is 0 Å². The van der Waals surface area contributed by atoms with Gasteiger partial charge in [-0.05, 0) is 66.1 Å². The molecule has 57 heavy (non-hydrogen) atoms. The van der Waals surface area contributed by atoms with E-state index in [0.29, 0.717) is 60.8 Å². The van der Waals surface area contributed by atoms with Gasteiger partial charge < -0.3 is 25.2 Å².